The molecule has 2 aliphatic rings. The number of piperidine rings is 1. The average Bonchev–Trinajstić information content (AvgIpc) is 3.10. The molecule has 0 radical (unpaired) electrons. The lowest BCUT2D eigenvalue weighted by Crippen LogP contribution is -2.48. The summed E-state index contributed by atoms with van der Waals surface area (Å²) in [4.78, 5) is 15.0. The van der Waals surface area contributed by atoms with Gasteiger partial charge in [0, 0.05) is 25.2 Å². The number of aliphatic hydroxyl groups is 1. The minimum absolute atomic E-state index is 0.186. The minimum Gasteiger partial charge on any atom is -0.443 e. The van der Waals surface area contributed by atoms with Gasteiger partial charge in [0.05, 0.1) is 0 Å². The first kappa shape index (κ1) is 19.3. The third-order valence-electron chi connectivity index (χ3n) is 4.89. The van der Waals surface area contributed by atoms with Crippen molar-refractivity contribution in [2.24, 2.45) is 0 Å². The molecule has 0 atom stereocenters. The predicted octanol–water partition coefficient (Wildman–Crippen LogP) is 2.49. The van der Waals surface area contributed by atoms with Crippen molar-refractivity contribution in [3.63, 3.8) is 0 Å². The fraction of sp³-hybridized carbons (Fsp3) is 0.650. The largest absolute Gasteiger partial charge is 0.443 e. The molecule has 1 aromatic rings. The maximum absolute atomic E-state index is 12.4. The maximum atomic E-state index is 12.4. The number of nitrogens with one attached hydrogen (secondary N) is 1. The zero-order valence-electron chi connectivity index (χ0n) is 15.6. The van der Waals surface area contributed by atoms with Gasteiger partial charge in [0.15, 0.2) is 11.5 Å². The Kier molecular flexibility index (Phi) is 6.33. The van der Waals surface area contributed by atoms with Gasteiger partial charge in [-0.2, -0.15) is 11.8 Å². The highest BCUT2D eigenvalue weighted by molar-refractivity contribution is 7.99. The first-order valence-electron chi connectivity index (χ1n) is 9.39. The molecule has 6 heteroatoms. The summed E-state index contributed by atoms with van der Waals surface area (Å²) >= 11 is 2.06. The molecule has 1 aromatic heterocycles. The van der Waals surface area contributed by atoms with Crippen molar-refractivity contribution in [3.8, 4) is 11.8 Å². The molecule has 26 heavy (non-hydrogen) atoms. The zero-order valence-corrected chi connectivity index (χ0v) is 16.4. The standard InChI is InChI=1S/C20H28N2O3S/c1-20(2,24)10-5-17-3-4-18(25-17)19(23)21-15-6-11-22(12-7-15)16-8-13-26-14-9-16/h3-4,15-16,24H,6-9,11-14H2,1-2H3,(H,21,23). The number of amides is 1. The molecule has 0 aromatic carbocycles. The van der Waals surface area contributed by atoms with E-state index >= 15 is 0 Å². The molecule has 0 saturated carbocycles. The number of thioether (sulfide) groups is 1. The summed E-state index contributed by atoms with van der Waals surface area (Å²) in [5, 5.41) is 12.7. The summed E-state index contributed by atoms with van der Waals surface area (Å²) in [7, 11) is 0. The van der Waals surface area contributed by atoms with Crippen LogP contribution in [-0.4, -0.2) is 58.2 Å². The molecule has 2 saturated heterocycles. The normalized spacial score (nSPS) is 20.4. The fourth-order valence-electron chi connectivity index (χ4n) is 3.46. The van der Waals surface area contributed by atoms with E-state index in [1.54, 1.807) is 26.0 Å². The van der Waals surface area contributed by atoms with E-state index in [0.29, 0.717) is 5.76 Å². The summed E-state index contributed by atoms with van der Waals surface area (Å²) in [5.74, 6) is 8.46. The van der Waals surface area contributed by atoms with E-state index in [-0.39, 0.29) is 17.7 Å². The van der Waals surface area contributed by atoms with Crippen LogP contribution in [0.5, 0.6) is 0 Å². The smallest absolute Gasteiger partial charge is 0.287 e. The lowest BCUT2D eigenvalue weighted by Gasteiger charge is -2.39. The van der Waals surface area contributed by atoms with Gasteiger partial charge in [-0.1, -0.05) is 5.92 Å². The Hall–Kier alpha value is -1.42. The second-order valence-electron chi connectivity index (χ2n) is 7.60. The van der Waals surface area contributed by atoms with Crippen molar-refractivity contribution in [3.05, 3.63) is 23.7 Å². The van der Waals surface area contributed by atoms with Crippen LogP contribution in [0.3, 0.4) is 0 Å². The van der Waals surface area contributed by atoms with Crippen LogP contribution in [-0.2, 0) is 0 Å². The molecule has 0 unspecified atom stereocenters. The Labute approximate surface area is 159 Å². The quantitative estimate of drug-likeness (QED) is 0.794. The van der Waals surface area contributed by atoms with Crippen molar-refractivity contribution >= 4 is 17.7 Å². The van der Waals surface area contributed by atoms with Crippen LogP contribution in [0.1, 0.15) is 55.8 Å². The van der Waals surface area contributed by atoms with Crippen LogP contribution in [0.25, 0.3) is 0 Å². The molecule has 0 aliphatic carbocycles. The monoisotopic (exact) mass is 376 g/mol. The van der Waals surface area contributed by atoms with Gasteiger partial charge in [0.25, 0.3) is 5.91 Å². The first-order valence-corrected chi connectivity index (χ1v) is 10.5. The van der Waals surface area contributed by atoms with E-state index in [0.717, 1.165) is 32.0 Å². The number of carbonyl (C=O) groups is 1. The molecule has 5 nitrogen and oxygen atoms in total. The third kappa shape index (κ3) is 5.54. The highest BCUT2D eigenvalue weighted by Gasteiger charge is 2.27. The van der Waals surface area contributed by atoms with Gasteiger partial charge in [-0.15, -0.1) is 0 Å². The number of hydrogen-bond acceptors (Lipinski definition) is 5. The highest BCUT2D eigenvalue weighted by Crippen LogP contribution is 2.24. The molecule has 1 amide bonds. The minimum atomic E-state index is -1.08. The molecule has 2 fully saturated rings. The molecular weight excluding hydrogens is 348 g/mol. The molecule has 3 heterocycles. The average molecular weight is 377 g/mol. The van der Waals surface area contributed by atoms with E-state index in [2.05, 4.69) is 33.8 Å². The van der Waals surface area contributed by atoms with Gasteiger partial charge in [-0.25, -0.2) is 0 Å². The van der Waals surface area contributed by atoms with Crippen molar-refractivity contribution in [2.75, 3.05) is 24.6 Å². The number of furan rings is 1. The Bertz CT molecular complexity index is 669. The number of nitrogens with zero attached hydrogens (tertiary/aromatic N) is 1. The number of carbonyl (C=O) groups excluding carboxylic acids is 1. The van der Waals surface area contributed by atoms with Crippen LogP contribution in [0.4, 0.5) is 0 Å². The number of likely N-dealkylation sites (tertiary alicyclic amines) is 1. The van der Waals surface area contributed by atoms with Gasteiger partial charge in [0.2, 0.25) is 0 Å². The SMILES string of the molecule is CC(C)(O)C#Cc1ccc(C(=O)NC2CCN(C3CCSCC3)CC2)o1. The molecule has 2 N–H and O–H groups in total. The summed E-state index contributed by atoms with van der Waals surface area (Å²) in [6, 6.07) is 4.23. The van der Waals surface area contributed by atoms with Gasteiger partial charge < -0.3 is 19.7 Å². The van der Waals surface area contributed by atoms with Crippen LogP contribution in [0.15, 0.2) is 16.5 Å². The summed E-state index contributed by atoms with van der Waals surface area (Å²) < 4.78 is 5.49. The van der Waals surface area contributed by atoms with Crippen molar-refractivity contribution in [1.82, 2.24) is 10.2 Å². The van der Waals surface area contributed by atoms with Crippen LogP contribution >= 0.6 is 11.8 Å². The van der Waals surface area contributed by atoms with Gasteiger partial charge in [0.1, 0.15) is 5.60 Å². The molecule has 3 rings (SSSR count). The van der Waals surface area contributed by atoms with Gasteiger partial charge in [-0.3, -0.25) is 4.79 Å². The first-order chi connectivity index (χ1) is 12.4. The van der Waals surface area contributed by atoms with Gasteiger partial charge >= 0.3 is 0 Å². The zero-order chi connectivity index (χ0) is 18.6. The third-order valence-corrected chi connectivity index (χ3v) is 5.94. The Morgan fingerprint density at radius 1 is 1.27 bits per heavy atom. The fourth-order valence-corrected chi connectivity index (χ4v) is 4.54. The van der Waals surface area contributed by atoms with Crippen molar-refractivity contribution in [1.29, 1.82) is 0 Å². The predicted molar refractivity (Wildman–Crippen MR) is 104 cm³/mol. The second-order valence-corrected chi connectivity index (χ2v) is 8.82. The van der Waals surface area contributed by atoms with E-state index in [9.17, 15) is 9.90 Å². The molecule has 142 valence electrons. The molecule has 0 spiro atoms. The van der Waals surface area contributed by atoms with Crippen LogP contribution in [0.2, 0.25) is 0 Å². The van der Waals surface area contributed by atoms with Crippen LogP contribution in [0, 0.1) is 11.8 Å². The van der Waals surface area contributed by atoms with E-state index in [1.807, 2.05) is 0 Å². The van der Waals surface area contributed by atoms with Crippen LogP contribution < -0.4 is 5.32 Å². The van der Waals surface area contributed by atoms with E-state index < -0.39 is 5.60 Å². The topological polar surface area (TPSA) is 65.7 Å². The summed E-state index contributed by atoms with van der Waals surface area (Å²) in [6.45, 7) is 5.33. The van der Waals surface area contributed by atoms with Gasteiger partial charge in [-0.05, 0) is 69.1 Å². The van der Waals surface area contributed by atoms with Crippen molar-refractivity contribution in [2.45, 2.75) is 57.2 Å². The maximum Gasteiger partial charge on any atom is 0.287 e. The lowest BCUT2D eigenvalue weighted by molar-refractivity contribution is 0.0859. The van der Waals surface area contributed by atoms with E-state index in [1.165, 1.54) is 24.3 Å². The van der Waals surface area contributed by atoms with E-state index in [4.69, 9.17) is 4.42 Å². The Morgan fingerprint density at radius 2 is 1.96 bits per heavy atom. The van der Waals surface area contributed by atoms with Crippen molar-refractivity contribution < 1.29 is 14.3 Å². The highest BCUT2D eigenvalue weighted by atomic mass is 32.2. The number of rotatable bonds is 3. The lowest BCUT2D eigenvalue weighted by atomic mass is 10.0. The summed E-state index contributed by atoms with van der Waals surface area (Å²) in [6.07, 6.45) is 4.56. The number of hydrogen-bond donors (Lipinski definition) is 2. The second kappa shape index (κ2) is 8.51. The molecule has 2 aliphatic heterocycles. The Morgan fingerprint density at radius 3 is 2.62 bits per heavy atom. The molecule has 0 bridgehead atoms. The summed E-state index contributed by atoms with van der Waals surface area (Å²) in [5.41, 5.74) is -1.08. The molecular formula is C20H28N2O3S. The Balaban J connectivity index is 1.48.